The number of piperidine rings is 1. The van der Waals surface area contributed by atoms with Crippen molar-refractivity contribution in [1.82, 2.24) is 10.3 Å². The summed E-state index contributed by atoms with van der Waals surface area (Å²) in [7, 11) is 0. The van der Waals surface area contributed by atoms with Crippen LogP contribution in [0.25, 0.3) is 11.0 Å². The maximum Gasteiger partial charge on any atom is 0.265 e. The van der Waals surface area contributed by atoms with Crippen molar-refractivity contribution in [2.45, 2.75) is 25.9 Å². The third kappa shape index (κ3) is 4.51. The zero-order valence-electron chi connectivity index (χ0n) is 17.5. The van der Waals surface area contributed by atoms with Gasteiger partial charge in [-0.1, -0.05) is 0 Å². The smallest absolute Gasteiger partial charge is 0.265 e. The number of carbonyl (C=O) groups is 1. The Kier molecular flexibility index (Phi) is 5.91. The van der Waals surface area contributed by atoms with Crippen molar-refractivity contribution in [2.24, 2.45) is 0 Å². The molecule has 0 spiro atoms. The van der Waals surface area contributed by atoms with Crippen LogP contribution in [0.15, 0.2) is 46.4 Å². The quantitative estimate of drug-likeness (QED) is 0.407. The van der Waals surface area contributed by atoms with Crippen LogP contribution in [0.1, 0.15) is 34.5 Å². The van der Waals surface area contributed by atoms with Gasteiger partial charge in [0, 0.05) is 24.7 Å². The Morgan fingerprint density at radius 1 is 1.09 bits per heavy atom. The molecule has 0 bridgehead atoms. The van der Waals surface area contributed by atoms with Crippen LogP contribution < -0.4 is 15.0 Å². The van der Waals surface area contributed by atoms with Crippen LogP contribution in [0.2, 0.25) is 0 Å². The maximum absolute atomic E-state index is 13.7. The summed E-state index contributed by atoms with van der Waals surface area (Å²) in [5.74, 6) is -1.81. The second-order valence-corrected chi connectivity index (χ2v) is 8.69. The monoisotopic (exact) mass is 470 g/mol. The van der Waals surface area contributed by atoms with E-state index in [9.17, 15) is 13.6 Å². The summed E-state index contributed by atoms with van der Waals surface area (Å²) in [6.07, 6.45) is 3.48. The molecule has 7 nitrogen and oxygen atoms in total. The van der Waals surface area contributed by atoms with E-state index in [4.69, 9.17) is 9.37 Å². The van der Waals surface area contributed by atoms with Crippen molar-refractivity contribution in [3.05, 3.63) is 63.9 Å². The van der Waals surface area contributed by atoms with Gasteiger partial charge < -0.3 is 15.0 Å². The highest BCUT2D eigenvalue weighted by atomic mass is 32.1. The van der Waals surface area contributed by atoms with Crippen molar-refractivity contribution < 1.29 is 22.9 Å². The fraction of sp³-hybridized carbons (Fsp3) is 0.261. The number of hydrogen-bond donors (Lipinski definition) is 1. The molecular weight excluding hydrogens is 450 g/mol. The molecule has 170 valence electrons. The van der Waals surface area contributed by atoms with Gasteiger partial charge in [0.25, 0.3) is 5.91 Å². The highest BCUT2D eigenvalue weighted by molar-refractivity contribution is 7.12. The first-order valence-corrected chi connectivity index (χ1v) is 11.4. The zero-order chi connectivity index (χ0) is 22.8. The number of hydrogen-bond acceptors (Lipinski definition) is 7. The topological polar surface area (TPSA) is 80.5 Å². The lowest BCUT2D eigenvalue weighted by Crippen LogP contribution is -2.29. The van der Waals surface area contributed by atoms with Gasteiger partial charge in [0.2, 0.25) is 0 Å². The van der Waals surface area contributed by atoms with Gasteiger partial charge in [-0.25, -0.2) is 13.4 Å². The Morgan fingerprint density at radius 2 is 1.91 bits per heavy atom. The van der Waals surface area contributed by atoms with Gasteiger partial charge in [0.1, 0.15) is 12.4 Å². The van der Waals surface area contributed by atoms with E-state index in [1.807, 2.05) is 12.1 Å². The van der Waals surface area contributed by atoms with Crippen molar-refractivity contribution in [3.63, 3.8) is 0 Å². The summed E-state index contributed by atoms with van der Waals surface area (Å²) in [6, 6.07) is 8.53. The number of fused-ring (bicyclic) bond motifs is 1. The molecule has 0 radical (unpaired) electrons. The standard InChI is InChI=1S/C23H20F2N4O3S/c24-15-4-7-19(16(25)11-15)31-12-14-10-20(33-13-14)23(30)26-17-5-6-18(22-21(17)27-32-28-22)29-8-2-1-3-9-29/h4-7,10-11,13H,1-3,8-9,12H2,(H,26,30). The lowest BCUT2D eigenvalue weighted by molar-refractivity contribution is 0.103. The number of halogens is 2. The van der Waals surface area contributed by atoms with E-state index < -0.39 is 11.6 Å². The van der Waals surface area contributed by atoms with E-state index in [1.54, 1.807) is 11.4 Å². The molecule has 1 aliphatic heterocycles. The van der Waals surface area contributed by atoms with Crippen molar-refractivity contribution in [2.75, 3.05) is 23.3 Å². The Labute approximate surface area is 191 Å². The van der Waals surface area contributed by atoms with E-state index in [2.05, 4.69) is 20.5 Å². The molecule has 1 aliphatic rings. The predicted octanol–water partition coefficient (Wildman–Crippen LogP) is 5.38. The van der Waals surface area contributed by atoms with Crippen LogP contribution in [0, 0.1) is 11.6 Å². The number of thiophene rings is 1. The molecule has 5 rings (SSSR count). The number of rotatable bonds is 6. The van der Waals surface area contributed by atoms with E-state index in [-0.39, 0.29) is 18.3 Å². The van der Waals surface area contributed by atoms with Crippen LogP contribution in [0.4, 0.5) is 20.2 Å². The molecule has 10 heteroatoms. The van der Waals surface area contributed by atoms with Gasteiger partial charge in [0.05, 0.1) is 16.3 Å². The number of ether oxygens (including phenoxy) is 1. The average Bonchev–Trinajstić information content (AvgIpc) is 3.50. The summed E-state index contributed by atoms with van der Waals surface area (Å²) in [6.45, 7) is 1.96. The van der Waals surface area contributed by atoms with E-state index in [0.717, 1.165) is 43.8 Å². The molecule has 1 saturated heterocycles. The van der Waals surface area contributed by atoms with E-state index >= 15 is 0 Å². The van der Waals surface area contributed by atoms with Crippen LogP contribution in [-0.2, 0) is 6.61 Å². The first-order chi connectivity index (χ1) is 16.1. The number of nitrogens with zero attached hydrogens (tertiary/aromatic N) is 3. The predicted molar refractivity (Wildman–Crippen MR) is 121 cm³/mol. The third-order valence-electron chi connectivity index (χ3n) is 5.50. The minimum Gasteiger partial charge on any atom is -0.486 e. The van der Waals surface area contributed by atoms with Crippen molar-refractivity contribution in [3.8, 4) is 5.75 Å². The van der Waals surface area contributed by atoms with Gasteiger partial charge >= 0.3 is 0 Å². The van der Waals surface area contributed by atoms with Crippen molar-refractivity contribution >= 4 is 39.7 Å². The lowest BCUT2D eigenvalue weighted by atomic mass is 10.1. The first kappa shape index (κ1) is 21.3. The number of amides is 1. The lowest BCUT2D eigenvalue weighted by Gasteiger charge is -2.28. The Balaban J connectivity index is 1.28. The molecule has 2 aromatic heterocycles. The first-order valence-electron chi connectivity index (χ1n) is 10.6. The molecule has 0 atom stereocenters. The molecule has 4 aromatic rings. The number of aromatic nitrogens is 2. The number of nitrogens with one attached hydrogen (secondary N) is 1. The fourth-order valence-corrected chi connectivity index (χ4v) is 4.64. The molecule has 0 aliphatic carbocycles. The molecule has 1 N–H and O–H groups in total. The third-order valence-corrected chi connectivity index (χ3v) is 6.48. The van der Waals surface area contributed by atoms with Gasteiger partial charge in [-0.3, -0.25) is 4.79 Å². The second-order valence-electron chi connectivity index (χ2n) is 7.78. The van der Waals surface area contributed by atoms with Gasteiger partial charge in [-0.05, 0) is 65.3 Å². The normalized spacial score (nSPS) is 13.9. The summed E-state index contributed by atoms with van der Waals surface area (Å²) >= 11 is 1.24. The average molecular weight is 471 g/mol. The van der Waals surface area contributed by atoms with Crippen LogP contribution in [0.5, 0.6) is 5.75 Å². The summed E-state index contributed by atoms with van der Waals surface area (Å²) in [5.41, 5.74) is 3.28. The number of carbonyl (C=O) groups excluding carboxylic acids is 1. The Morgan fingerprint density at radius 3 is 2.73 bits per heavy atom. The highest BCUT2D eigenvalue weighted by Crippen LogP contribution is 2.32. The zero-order valence-corrected chi connectivity index (χ0v) is 18.3. The highest BCUT2D eigenvalue weighted by Gasteiger charge is 2.20. The molecule has 0 unspecified atom stereocenters. The molecular formula is C23H20F2N4O3S. The van der Waals surface area contributed by atoms with Gasteiger partial charge in [0.15, 0.2) is 22.6 Å². The number of anilines is 2. The van der Waals surface area contributed by atoms with Gasteiger partial charge in [-0.2, -0.15) is 0 Å². The summed E-state index contributed by atoms with van der Waals surface area (Å²) in [5, 5.41) is 12.7. The Hall–Kier alpha value is -3.53. The van der Waals surface area contributed by atoms with E-state index in [1.165, 1.54) is 23.8 Å². The molecule has 1 amide bonds. The molecule has 2 aromatic carbocycles. The summed E-state index contributed by atoms with van der Waals surface area (Å²) in [4.78, 5) is 15.5. The molecule has 33 heavy (non-hydrogen) atoms. The summed E-state index contributed by atoms with van der Waals surface area (Å²) < 4.78 is 37.1. The minimum absolute atomic E-state index is 0.0499. The second kappa shape index (κ2) is 9.14. The minimum atomic E-state index is -0.776. The number of benzene rings is 2. The Bertz CT molecular complexity index is 1300. The van der Waals surface area contributed by atoms with Crippen molar-refractivity contribution in [1.29, 1.82) is 0 Å². The van der Waals surface area contributed by atoms with Crippen LogP contribution >= 0.6 is 11.3 Å². The van der Waals surface area contributed by atoms with Crippen LogP contribution in [0.3, 0.4) is 0 Å². The SMILES string of the molecule is O=C(Nc1ccc(N2CCCCC2)c2nonc12)c1cc(COc2ccc(F)cc2F)cs1. The fourth-order valence-electron chi connectivity index (χ4n) is 3.85. The largest absolute Gasteiger partial charge is 0.486 e. The molecule has 0 saturated carbocycles. The van der Waals surface area contributed by atoms with Gasteiger partial charge in [-0.15, -0.1) is 11.3 Å². The van der Waals surface area contributed by atoms with E-state index in [0.29, 0.717) is 27.2 Å². The van der Waals surface area contributed by atoms with Crippen LogP contribution in [-0.4, -0.2) is 29.3 Å². The molecule has 3 heterocycles. The maximum atomic E-state index is 13.7. The molecule has 1 fully saturated rings.